The number of amides is 1. The molecule has 1 amide bonds. The first-order valence-corrected chi connectivity index (χ1v) is 10.1. The van der Waals surface area contributed by atoms with Gasteiger partial charge in [0.15, 0.2) is 0 Å². The average Bonchev–Trinajstić information content (AvgIpc) is 3.32. The number of aromatic nitrogens is 1. The van der Waals surface area contributed by atoms with Gasteiger partial charge in [-0.3, -0.25) is 14.2 Å². The second-order valence-corrected chi connectivity index (χ2v) is 7.90. The van der Waals surface area contributed by atoms with E-state index in [0.717, 1.165) is 15.8 Å². The Morgan fingerprint density at radius 2 is 1.90 bits per heavy atom. The number of thiazole rings is 1. The van der Waals surface area contributed by atoms with E-state index in [2.05, 4.69) is 5.32 Å². The van der Waals surface area contributed by atoms with Gasteiger partial charge in [0.1, 0.15) is 5.76 Å². The van der Waals surface area contributed by atoms with Crippen molar-refractivity contribution in [1.29, 1.82) is 0 Å². The third kappa shape index (κ3) is 3.93. The first kappa shape index (κ1) is 19.0. The molecule has 146 valence electrons. The quantitative estimate of drug-likeness (QED) is 0.452. The Hall–Kier alpha value is -3.38. The van der Waals surface area contributed by atoms with E-state index in [0.29, 0.717) is 17.0 Å². The van der Waals surface area contributed by atoms with Crippen LogP contribution in [0.25, 0.3) is 21.9 Å². The highest BCUT2D eigenvalue weighted by Gasteiger charge is 2.15. The first-order chi connectivity index (χ1) is 14.0. The summed E-state index contributed by atoms with van der Waals surface area (Å²) in [5.74, 6) is 0.351. The molecule has 0 saturated carbocycles. The molecule has 0 bridgehead atoms. The number of carbonyl (C=O) groups is 1. The Morgan fingerprint density at radius 3 is 2.59 bits per heavy atom. The van der Waals surface area contributed by atoms with Crippen LogP contribution in [0.3, 0.4) is 0 Å². The molecule has 0 aliphatic carbocycles. The Balaban J connectivity index is 1.68. The van der Waals surface area contributed by atoms with Gasteiger partial charge in [0, 0.05) is 11.7 Å². The molecule has 4 aromatic rings. The van der Waals surface area contributed by atoms with Gasteiger partial charge in [0.05, 0.1) is 22.1 Å². The van der Waals surface area contributed by atoms with Crippen molar-refractivity contribution in [2.45, 2.75) is 19.9 Å². The van der Waals surface area contributed by atoms with Gasteiger partial charge >= 0.3 is 4.87 Å². The summed E-state index contributed by atoms with van der Waals surface area (Å²) in [5, 5.41) is 2.95. The molecule has 6 heteroatoms. The van der Waals surface area contributed by atoms with E-state index in [1.54, 1.807) is 29.0 Å². The lowest BCUT2D eigenvalue weighted by Gasteiger charge is -2.10. The van der Waals surface area contributed by atoms with Crippen molar-refractivity contribution in [3.63, 3.8) is 0 Å². The predicted molar refractivity (Wildman–Crippen MR) is 118 cm³/mol. The molecule has 0 fully saturated rings. The summed E-state index contributed by atoms with van der Waals surface area (Å²) in [6.45, 7) is 3.96. The normalized spacial score (nSPS) is 11.9. The second-order valence-electron chi connectivity index (χ2n) is 6.91. The van der Waals surface area contributed by atoms with Gasteiger partial charge in [-0.2, -0.15) is 0 Å². The minimum Gasteiger partial charge on any atom is -0.465 e. The monoisotopic (exact) mass is 404 g/mol. The van der Waals surface area contributed by atoms with Crippen molar-refractivity contribution in [3.8, 4) is 0 Å². The van der Waals surface area contributed by atoms with Gasteiger partial charge in [0.2, 0.25) is 0 Å². The van der Waals surface area contributed by atoms with Crippen molar-refractivity contribution < 1.29 is 9.21 Å². The van der Waals surface area contributed by atoms with E-state index >= 15 is 0 Å². The Bertz CT molecular complexity index is 1230. The fraction of sp³-hybridized carbons (Fsp3) is 0.130. The van der Waals surface area contributed by atoms with Gasteiger partial charge in [-0.25, -0.2) is 0 Å². The lowest BCUT2D eigenvalue weighted by Crippen LogP contribution is -2.15. The number of benzene rings is 2. The average molecular weight is 404 g/mol. The van der Waals surface area contributed by atoms with E-state index < -0.39 is 0 Å². The van der Waals surface area contributed by atoms with Gasteiger partial charge in [-0.1, -0.05) is 41.7 Å². The number of anilines is 1. The van der Waals surface area contributed by atoms with Crippen molar-refractivity contribution in [2.24, 2.45) is 0 Å². The number of hydrogen-bond acceptors (Lipinski definition) is 4. The molecular formula is C23H20N2O3S. The molecule has 0 atom stereocenters. The van der Waals surface area contributed by atoms with Gasteiger partial charge in [-0.15, -0.1) is 0 Å². The van der Waals surface area contributed by atoms with E-state index in [1.165, 1.54) is 11.3 Å². The van der Waals surface area contributed by atoms with E-state index in [-0.39, 0.29) is 16.8 Å². The van der Waals surface area contributed by atoms with E-state index in [4.69, 9.17) is 4.42 Å². The third-order valence-corrected chi connectivity index (χ3v) is 5.46. The van der Waals surface area contributed by atoms with Crippen molar-refractivity contribution in [1.82, 2.24) is 4.57 Å². The lowest BCUT2D eigenvalue weighted by atomic mass is 10.0. The predicted octanol–water partition coefficient (Wildman–Crippen LogP) is 5.42. The summed E-state index contributed by atoms with van der Waals surface area (Å²) in [6.07, 6.45) is 3.29. The molecular weight excluding hydrogens is 384 g/mol. The maximum absolute atomic E-state index is 13.1. The fourth-order valence-electron chi connectivity index (χ4n) is 3.21. The van der Waals surface area contributed by atoms with Crippen LogP contribution in [-0.4, -0.2) is 10.5 Å². The third-order valence-electron chi connectivity index (χ3n) is 4.55. The molecule has 1 N–H and O–H groups in total. The standard InChI is InChI=1S/C23H20N2O3S/c1-15(2)25-20-11-10-17(13-21(20)29-23(25)27)24-22(26)19(14-18-9-6-12-28-18)16-7-4-3-5-8-16/h3-15H,1-2H3,(H,24,26)/b19-14+. The van der Waals surface area contributed by atoms with E-state index in [1.807, 2.05) is 62.4 Å². The van der Waals surface area contributed by atoms with Crippen LogP contribution in [0.2, 0.25) is 0 Å². The van der Waals surface area contributed by atoms with Gasteiger partial charge < -0.3 is 9.73 Å². The topological polar surface area (TPSA) is 64.2 Å². The molecule has 0 aliphatic rings. The molecule has 0 unspecified atom stereocenters. The first-order valence-electron chi connectivity index (χ1n) is 9.30. The lowest BCUT2D eigenvalue weighted by molar-refractivity contribution is -0.111. The zero-order valence-corrected chi connectivity index (χ0v) is 16.9. The molecule has 29 heavy (non-hydrogen) atoms. The van der Waals surface area contributed by atoms with Crippen LogP contribution in [0, 0.1) is 0 Å². The molecule has 2 aromatic carbocycles. The minimum absolute atomic E-state index is 0.00108. The summed E-state index contributed by atoms with van der Waals surface area (Å²) >= 11 is 1.18. The fourth-order valence-corrected chi connectivity index (χ4v) is 4.27. The zero-order valence-electron chi connectivity index (χ0n) is 16.1. The number of nitrogens with zero attached hydrogens (tertiary/aromatic N) is 1. The SMILES string of the molecule is CC(C)n1c(=O)sc2cc(NC(=O)/C(=C/c3ccco3)c3ccccc3)ccc21. The van der Waals surface area contributed by atoms with Crippen LogP contribution in [0.5, 0.6) is 0 Å². The molecule has 0 saturated heterocycles. The highest BCUT2D eigenvalue weighted by molar-refractivity contribution is 7.16. The maximum Gasteiger partial charge on any atom is 0.308 e. The number of hydrogen-bond donors (Lipinski definition) is 1. The van der Waals surface area contributed by atoms with Crippen molar-refractivity contribution >= 4 is 44.8 Å². The summed E-state index contributed by atoms with van der Waals surface area (Å²) in [5.41, 5.74) is 2.80. The van der Waals surface area contributed by atoms with Gasteiger partial charge in [0.25, 0.3) is 5.91 Å². The number of furan rings is 1. The minimum atomic E-state index is -0.248. The highest BCUT2D eigenvalue weighted by atomic mass is 32.1. The molecule has 5 nitrogen and oxygen atoms in total. The number of nitrogens with one attached hydrogen (secondary N) is 1. The molecule has 2 aromatic heterocycles. The number of carbonyl (C=O) groups excluding carboxylic acids is 1. The number of rotatable bonds is 5. The van der Waals surface area contributed by atoms with Crippen molar-refractivity contribution in [3.05, 3.63) is 87.9 Å². The van der Waals surface area contributed by atoms with Crippen LogP contribution in [0.4, 0.5) is 5.69 Å². The molecule has 0 radical (unpaired) electrons. The largest absolute Gasteiger partial charge is 0.465 e. The van der Waals surface area contributed by atoms with Crippen LogP contribution in [0.1, 0.15) is 31.2 Å². The van der Waals surface area contributed by atoms with Crippen LogP contribution >= 0.6 is 11.3 Å². The Morgan fingerprint density at radius 1 is 1.10 bits per heavy atom. The summed E-state index contributed by atoms with van der Waals surface area (Å²) in [4.78, 5) is 25.3. The van der Waals surface area contributed by atoms with Gasteiger partial charge in [-0.05, 0) is 55.8 Å². The van der Waals surface area contributed by atoms with Crippen molar-refractivity contribution in [2.75, 3.05) is 5.32 Å². The summed E-state index contributed by atoms with van der Waals surface area (Å²) in [7, 11) is 0. The second kappa shape index (κ2) is 7.93. The smallest absolute Gasteiger partial charge is 0.308 e. The molecule has 0 spiro atoms. The zero-order chi connectivity index (χ0) is 20.4. The summed E-state index contributed by atoms with van der Waals surface area (Å²) in [6, 6.07) is 18.6. The Labute approximate surface area is 171 Å². The van der Waals surface area contributed by atoms with Crippen LogP contribution in [0.15, 0.2) is 76.1 Å². The van der Waals surface area contributed by atoms with E-state index in [9.17, 15) is 9.59 Å². The Kier molecular flexibility index (Phi) is 5.18. The molecule has 4 rings (SSSR count). The highest BCUT2D eigenvalue weighted by Crippen LogP contribution is 2.26. The number of fused-ring (bicyclic) bond motifs is 1. The molecule has 2 heterocycles. The summed E-state index contributed by atoms with van der Waals surface area (Å²) < 4.78 is 8.00. The molecule has 0 aliphatic heterocycles. The maximum atomic E-state index is 13.1. The van der Waals surface area contributed by atoms with Crippen LogP contribution in [-0.2, 0) is 4.79 Å². The van der Waals surface area contributed by atoms with Crippen LogP contribution < -0.4 is 10.2 Å².